The summed E-state index contributed by atoms with van der Waals surface area (Å²) in [6.07, 6.45) is -2.05. The Labute approximate surface area is 203 Å². The van der Waals surface area contributed by atoms with Crippen molar-refractivity contribution in [2.45, 2.75) is 50.0 Å². The number of benzene rings is 2. The first-order valence-electron chi connectivity index (χ1n) is 11.9. The molecule has 2 amide bonds. The molecule has 0 saturated carbocycles. The fraction of sp³-hybridized carbons (Fsp3) is 0.440. The van der Waals surface area contributed by atoms with Gasteiger partial charge in [-0.3, -0.25) is 9.59 Å². The molecule has 10 heteroatoms. The summed E-state index contributed by atoms with van der Waals surface area (Å²) in [4.78, 5) is 27.3. The topological polar surface area (TPSA) is 118 Å². The van der Waals surface area contributed by atoms with Crippen molar-refractivity contribution in [3.05, 3.63) is 65.7 Å². The highest BCUT2D eigenvalue weighted by Gasteiger charge is 2.32. The van der Waals surface area contributed by atoms with Gasteiger partial charge in [-0.15, -0.1) is 0 Å². The molecule has 4 atom stereocenters. The van der Waals surface area contributed by atoms with Gasteiger partial charge in [-0.2, -0.15) is 13.2 Å². The zero-order valence-electron chi connectivity index (χ0n) is 19.7. The van der Waals surface area contributed by atoms with Crippen molar-refractivity contribution >= 4 is 17.5 Å². The summed E-state index contributed by atoms with van der Waals surface area (Å²) in [6.45, 7) is 2.81. The van der Waals surface area contributed by atoms with Gasteiger partial charge in [0.1, 0.15) is 18.6 Å². The molecule has 3 rings (SSSR count). The van der Waals surface area contributed by atoms with Gasteiger partial charge in [0.05, 0.1) is 31.5 Å². The Morgan fingerprint density at radius 1 is 1.06 bits per heavy atom. The van der Waals surface area contributed by atoms with Crippen LogP contribution in [0, 0.1) is 0 Å². The Kier molecular flexibility index (Phi) is 9.25. The van der Waals surface area contributed by atoms with Crippen molar-refractivity contribution in [1.82, 2.24) is 5.32 Å². The fourth-order valence-electron chi connectivity index (χ4n) is 4.27. The van der Waals surface area contributed by atoms with E-state index in [1.807, 2.05) is 30.3 Å². The number of carbonyl (C=O) groups is 2. The van der Waals surface area contributed by atoms with Crippen molar-refractivity contribution < 1.29 is 39.1 Å². The summed E-state index contributed by atoms with van der Waals surface area (Å²) in [5.74, 6) is -0.905. The molecule has 1 heterocycles. The van der Waals surface area contributed by atoms with Gasteiger partial charge in [-0.05, 0) is 36.6 Å². The van der Waals surface area contributed by atoms with E-state index in [2.05, 4.69) is 22.1 Å². The number of hydrogen-bond donors (Lipinski definition) is 5. The van der Waals surface area contributed by atoms with Crippen molar-refractivity contribution in [2.75, 3.05) is 25.0 Å². The SMILES string of the molecule is [NH3+][C@@H]1CC[NH+](CC[C@H]([NH3+])C(=O)N[C@@H](CCc2ccccc2)C(=O)Nc2cccc(C(F)(F)F)c2)C1. The summed E-state index contributed by atoms with van der Waals surface area (Å²) in [7, 11) is 0. The molecule has 2 aromatic rings. The quantitative estimate of drug-likeness (QED) is 0.311. The lowest BCUT2D eigenvalue weighted by Gasteiger charge is -2.21. The molecule has 7 nitrogen and oxygen atoms in total. The zero-order chi connectivity index (χ0) is 25.4. The summed E-state index contributed by atoms with van der Waals surface area (Å²) in [5, 5.41) is 5.31. The van der Waals surface area contributed by atoms with Crippen LogP contribution in [-0.2, 0) is 22.2 Å². The third-order valence-corrected chi connectivity index (χ3v) is 6.36. The molecule has 1 saturated heterocycles. The van der Waals surface area contributed by atoms with Gasteiger partial charge in [-0.1, -0.05) is 36.4 Å². The number of hydrogen-bond acceptors (Lipinski definition) is 2. The van der Waals surface area contributed by atoms with E-state index in [1.165, 1.54) is 17.0 Å². The van der Waals surface area contributed by atoms with E-state index in [4.69, 9.17) is 0 Å². The summed E-state index contributed by atoms with van der Waals surface area (Å²) in [6, 6.07) is 12.9. The lowest BCUT2D eigenvalue weighted by molar-refractivity contribution is -0.893. The number of likely N-dealkylation sites (tertiary alicyclic amines) is 1. The zero-order valence-corrected chi connectivity index (χ0v) is 19.7. The van der Waals surface area contributed by atoms with Crippen molar-refractivity contribution in [3.63, 3.8) is 0 Å². The minimum Gasteiger partial charge on any atom is -0.350 e. The van der Waals surface area contributed by atoms with E-state index >= 15 is 0 Å². The monoisotopic (exact) mass is 494 g/mol. The maximum atomic E-state index is 13.1. The largest absolute Gasteiger partial charge is 0.416 e. The van der Waals surface area contributed by atoms with Crippen LogP contribution in [0.5, 0.6) is 0 Å². The van der Waals surface area contributed by atoms with Crippen LogP contribution >= 0.6 is 0 Å². The first-order chi connectivity index (χ1) is 16.6. The average molecular weight is 495 g/mol. The molecule has 9 N–H and O–H groups in total. The predicted octanol–water partition coefficient (Wildman–Crippen LogP) is -0.339. The minimum absolute atomic E-state index is 0.0234. The van der Waals surface area contributed by atoms with Gasteiger partial charge < -0.3 is 27.0 Å². The Hall–Kier alpha value is -2.95. The number of rotatable bonds is 10. The molecule has 1 aliphatic rings. The van der Waals surface area contributed by atoms with Gasteiger partial charge in [0.25, 0.3) is 5.91 Å². The first-order valence-corrected chi connectivity index (χ1v) is 11.9. The molecular formula is C25H35F3N5O2+3. The molecular weight excluding hydrogens is 459 g/mol. The van der Waals surface area contributed by atoms with Gasteiger partial charge >= 0.3 is 6.18 Å². The standard InChI is InChI=1S/C25H32F3N5O2/c26-25(27,28)18-7-4-8-20(15-18)31-24(35)22(10-9-17-5-2-1-3-6-17)32-23(34)21(30)12-14-33-13-11-19(29)16-33/h1-8,15,19,21-22H,9-14,16,29-30H2,(H,31,35)(H,32,34)/p+3/t19-,21+,22+/m1/s1. The third-order valence-electron chi connectivity index (χ3n) is 6.36. The second-order valence-electron chi connectivity index (χ2n) is 9.25. The van der Waals surface area contributed by atoms with Gasteiger partial charge in [0.2, 0.25) is 5.91 Å². The maximum Gasteiger partial charge on any atom is 0.416 e. The Morgan fingerprint density at radius 3 is 2.46 bits per heavy atom. The normalized spacial score (nSPS) is 19.7. The predicted molar refractivity (Wildman–Crippen MR) is 125 cm³/mol. The average Bonchev–Trinajstić information content (AvgIpc) is 3.25. The summed E-state index contributed by atoms with van der Waals surface area (Å²) in [5.41, 5.74) is 8.22. The molecule has 0 spiro atoms. The summed E-state index contributed by atoms with van der Waals surface area (Å²) < 4.78 is 39.2. The number of anilines is 1. The Balaban J connectivity index is 1.64. The van der Waals surface area contributed by atoms with E-state index in [0.717, 1.165) is 43.8 Å². The van der Waals surface area contributed by atoms with Gasteiger partial charge in [0.15, 0.2) is 6.04 Å². The minimum atomic E-state index is -4.52. The van der Waals surface area contributed by atoms with E-state index in [9.17, 15) is 22.8 Å². The van der Waals surface area contributed by atoms with E-state index in [1.54, 1.807) is 0 Å². The highest BCUT2D eigenvalue weighted by atomic mass is 19.4. The first kappa shape index (κ1) is 26.7. The molecule has 0 aliphatic carbocycles. The van der Waals surface area contributed by atoms with E-state index < -0.39 is 29.7 Å². The number of halogens is 3. The maximum absolute atomic E-state index is 13.1. The van der Waals surface area contributed by atoms with Crippen LogP contribution in [0.1, 0.15) is 30.4 Å². The number of nitrogens with one attached hydrogen (secondary N) is 3. The molecule has 1 aliphatic heterocycles. The van der Waals surface area contributed by atoms with Crippen LogP contribution < -0.4 is 27.0 Å². The van der Waals surface area contributed by atoms with Crippen LogP contribution in [0.3, 0.4) is 0 Å². The van der Waals surface area contributed by atoms with Crippen molar-refractivity contribution in [1.29, 1.82) is 0 Å². The number of carbonyl (C=O) groups excluding carboxylic acids is 2. The highest BCUT2D eigenvalue weighted by Crippen LogP contribution is 2.30. The van der Waals surface area contributed by atoms with E-state index in [0.29, 0.717) is 25.3 Å². The van der Waals surface area contributed by atoms with Crippen LogP contribution in [0.4, 0.5) is 18.9 Å². The second-order valence-corrected chi connectivity index (χ2v) is 9.25. The Morgan fingerprint density at radius 2 is 1.80 bits per heavy atom. The highest BCUT2D eigenvalue weighted by molar-refractivity contribution is 5.97. The molecule has 1 fully saturated rings. The van der Waals surface area contributed by atoms with Gasteiger partial charge in [-0.25, -0.2) is 0 Å². The second kappa shape index (κ2) is 12.1. The lowest BCUT2D eigenvalue weighted by atomic mass is 10.0. The number of aryl methyl sites for hydroxylation is 1. The van der Waals surface area contributed by atoms with Crippen molar-refractivity contribution in [2.24, 2.45) is 0 Å². The molecule has 35 heavy (non-hydrogen) atoms. The fourth-order valence-corrected chi connectivity index (χ4v) is 4.27. The van der Waals surface area contributed by atoms with E-state index in [-0.39, 0.29) is 11.6 Å². The van der Waals surface area contributed by atoms with Crippen LogP contribution in [0.15, 0.2) is 54.6 Å². The van der Waals surface area contributed by atoms with Crippen LogP contribution in [0.2, 0.25) is 0 Å². The summed E-state index contributed by atoms with van der Waals surface area (Å²) >= 11 is 0. The third kappa shape index (κ3) is 8.34. The smallest absolute Gasteiger partial charge is 0.350 e. The Bertz CT molecular complexity index is 987. The molecule has 0 bridgehead atoms. The molecule has 2 aromatic carbocycles. The van der Waals surface area contributed by atoms with Crippen molar-refractivity contribution in [3.8, 4) is 0 Å². The molecule has 0 radical (unpaired) electrons. The van der Waals surface area contributed by atoms with Crippen LogP contribution in [0.25, 0.3) is 0 Å². The van der Waals surface area contributed by atoms with Gasteiger partial charge in [0, 0.05) is 5.69 Å². The number of quaternary nitrogens is 3. The molecule has 1 unspecified atom stereocenters. The number of amides is 2. The molecule has 0 aromatic heterocycles. The molecule has 190 valence electrons. The lowest BCUT2D eigenvalue weighted by Crippen LogP contribution is -3.11. The number of alkyl halides is 3. The van der Waals surface area contributed by atoms with Crippen LogP contribution in [-0.4, -0.2) is 49.6 Å².